The highest BCUT2D eigenvalue weighted by molar-refractivity contribution is 6.36. The van der Waals surface area contributed by atoms with Crippen molar-refractivity contribution in [1.29, 1.82) is 5.26 Å². The van der Waals surface area contributed by atoms with Gasteiger partial charge in [0.15, 0.2) is 5.82 Å². The highest BCUT2D eigenvalue weighted by Gasteiger charge is 2.31. The van der Waals surface area contributed by atoms with Crippen LogP contribution in [0.3, 0.4) is 0 Å². The average molecular weight is 582 g/mol. The SMILES string of the molecule is Cc1ccc(Nc2c(C#N)cnc3c(Cl)cc(N[C@@H](C4=CCOCC4)C4=CN(C5COC5)NN4)cc23)c(F)c1Cl. The maximum Gasteiger partial charge on any atom is 0.165 e. The molecule has 3 aliphatic heterocycles. The van der Waals surface area contributed by atoms with E-state index in [4.69, 9.17) is 32.7 Å². The van der Waals surface area contributed by atoms with Crippen LogP contribution in [0.5, 0.6) is 0 Å². The lowest BCUT2D eigenvalue weighted by Gasteiger charge is -2.33. The minimum absolute atomic E-state index is 0.0169. The molecular weight excluding hydrogens is 556 g/mol. The van der Waals surface area contributed by atoms with E-state index in [0.717, 1.165) is 17.7 Å². The quantitative estimate of drug-likeness (QED) is 0.276. The van der Waals surface area contributed by atoms with E-state index in [2.05, 4.69) is 38.7 Å². The van der Waals surface area contributed by atoms with Crippen LogP contribution in [-0.4, -0.2) is 48.5 Å². The Labute approximate surface area is 240 Å². The number of hydrogen-bond donors (Lipinski definition) is 4. The predicted molar refractivity (Wildman–Crippen MR) is 153 cm³/mol. The molecule has 3 aliphatic rings. The molecule has 0 aliphatic carbocycles. The van der Waals surface area contributed by atoms with Gasteiger partial charge in [-0.2, -0.15) is 5.26 Å². The summed E-state index contributed by atoms with van der Waals surface area (Å²) < 4.78 is 25.9. The van der Waals surface area contributed by atoms with Gasteiger partial charge in [-0.3, -0.25) is 9.99 Å². The maximum atomic E-state index is 15.0. The number of nitrogens with one attached hydrogen (secondary N) is 4. The topological polar surface area (TPSA) is 106 Å². The molecule has 206 valence electrons. The smallest absolute Gasteiger partial charge is 0.165 e. The largest absolute Gasteiger partial charge is 0.377 e. The number of hydrazine groups is 2. The van der Waals surface area contributed by atoms with Crippen molar-refractivity contribution >= 4 is 51.2 Å². The Hall–Kier alpha value is -3.59. The third-order valence-electron chi connectivity index (χ3n) is 7.19. The van der Waals surface area contributed by atoms with Crippen molar-refractivity contribution < 1.29 is 13.9 Å². The lowest BCUT2D eigenvalue weighted by molar-refractivity contribution is -0.0635. The Kier molecular flexibility index (Phi) is 7.40. The highest BCUT2D eigenvalue weighted by atomic mass is 35.5. The number of nitrogens with zero attached hydrogens (tertiary/aromatic N) is 3. The molecule has 4 N–H and O–H groups in total. The minimum Gasteiger partial charge on any atom is -0.377 e. The van der Waals surface area contributed by atoms with Crippen LogP contribution < -0.4 is 21.6 Å². The molecular formula is C28H26Cl2FN7O2. The van der Waals surface area contributed by atoms with Gasteiger partial charge in [-0.15, -0.1) is 5.53 Å². The zero-order chi connectivity index (χ0) is 27.8. The maximum absolute atomic E-state index is 15.0. The van der Waals surface area contributed by atoms with Crippen LogP contribution in [0, 0.1) is 24.1 Å². The Morgan fingerprint density at radius 3 is 2.83 bits per heavy atom. The first-order valence-electron chi connectivity index (χ1n) is 12.8. The van der Waals surface area contributed by atoms with E-state index in [1.54, 1.807) is 25.1 Å². The molecule has 1 saturated heterocycles. The molecule has 0 amide bonds. The fourth-order valence-electron chi connectivity index (χ4n) is 4.85. The molecule has 12 heteroatoms. The molecule has 9 nitrogen and oxygen atoms in total. The van der Waals surface area contributed by atoms with Crippen LogP contribution in [-0.2, 0) is 9.47 Å². The van der Waals surface area contributed by atoms with Crippen molar-refractivity contribution in [2.45, 2.75) is 25.4 Å². The molecule has 40 heavy (non-hydrogen) atoms. The number of halogens is 3. The second kappa shape index (κ2) is 11.1. The van der Waals surface area contributed by atoms with Gasteiger partial charge in [-0.05, 0) is 42.7 Å². The van der Waals surface area contributed by atoms with Gasteiger partial charge < -0.3 is 25.5 Å². The second-order valence-electron chi connectivity index (χ2n) is 9.80. The van der Waals surface area contributed by atoms with Crippen LogP contribution in [0.1, 0.15) is 17.5 Å². The molecule has 4 heterocycles. The fraction of sp³-hybridized carbons (Fsp3) is 0.286. The van der Waals surface area contributed by atoms with Gasteiger partial charge in [0, 0.05) is 23.5 Å². The summed E-state index contributed by atoms with van der Waals surface area (Å²) in [5.74, 6) is -0.601. The van der Waals surface area contributed by atoms with Gasteiger partial charge in [0.2, 0.25) is 0 Å². The second-order valence-corrected chi connectivity index (χ2v) is 10.6. The van der Waals surface area contributed by atoms with E-state index in [-0.39, 0.29) is 28.4 Å². The summed E-state index contributed by atoms with van der Waals surface area (Å²) in [6.07, 6.45) is 6.29. The molecule has 1 atom stereocenters. The van der Waals surface area contributed by atoms with Gasteiger partial charge >= 0.3 is 0 Å². The lowest BCUT2D eigenvalue weighted by atomic mass is 9.99. The summed E-state index contributed by atoms with van der Waals surface area (Å²) in [7, 11) is 0. The van der Waals surface area contributed by atoms with Crippen LogP contribution in [0.25, 0.3) is 10.9 Å². The zero-order valence-electron chi connectivity index (χ0n) is 21.5. The van der Waals surface area contributed by atoms with Crippen molar-refractivity contribution in [3.8, 4) is 6.07 Å². The minimum atomic E-state index is -0.601. The molecule has 2 aromatic carbocycles. The van der Waals surface area contributed by atoms with E-state index in [1.165, 1.54) is 6.20 Å². The van der Waals surface area contributed by atoms with Gasteiger partial charge in [-0.1, -0.05) is 35.3 Å². The van der Waals surface area contributed by atoms with Gasteiger partial charge in [0.25, 0.3) is 0 Å². The van der Waals surface area contributed by atoms with Crippen LogP contribution in [0.15, 0.2) is 54.0 Å². The van der Waals surface area contributed by atoms with E-state index >= 15 is 4.39 Å². The molecule has 1 fully saturated rings. The normalized spacial score (nSPS) is 17.9. The van der Waals surface area contributed by atoms with Gasteiger partial charge in [-0.25, -0.2) is 4.39 Å². The number of pyridine rings is 1. The first-order chi connectivity index (χ1) is 19.4. The van der Waals surface area contributed by atoms with E-state index < -0.39 is 5.82 Å². The summed E-state index contributed by atoms with van der Waals surface area (Å²) in [6, 6.07) is 9.14. The van der Waals surface area contributed by atoms with Crippen LogP contribution >= 0.6 is 23.2 Å². The molecule has 0 bridgehead atoms. The monoisotopic (exact) mass is 581 g/mol. The van der Waals surface area contributed by atoms with Gasteiger partial charge in [0.1, 0.15) is 6.07 Å². The van der Waals surface area contributed by atoms with Crippen LogP contribution in [0.4, 0.5) is 21.5 Å². The Bertz CT molecular complexity index is 1590. The number of hydrogen-bond acceptors (Lipinski definition) is 9. The van der Waals surface area contributed by atoms with Crippen LogP contribution in [0.2, 0.25) is 10.0 Å². The van der Waals surface area contributed by atoms with Crippen molar-refractivity contribution in [1.82, 2.24) is 21.0 Å². The molecule has 3 aromatic rings. The summed E-state index contributed by atoms with van der Waals surface area (Å²) in [6.45, 7) is 4.19. The first-order valence-corrected chi connectivity index (χ1v) is 13.5. The Morgan fingerprint density at radius 1 is 1.25 bits per heavy atom. The number of aryl methyl sites for hydroxylation is 1. The van der Waals surface area contributed by atoms with E-state index in [9.17, 15) is 5.26 Å². The Balaban J connectivity index is 1.40. The number of ether oxygens (including phenoxy) is 2. The molecule has 0 unspecified atom stereocenters. The number of nitriles is 1. The first kappa shape index (κ1) is 26.6. The number of benzene rings is 2. The predicted octanol–water partition coefficient (Wildman–Crippen LogP) is 5.30. The van der Waals surface area contributed by atoms with E-state index in [0.29, 0.717) is 59.3 Å². The van der Waals surface area contributed by atoms with Crippen molar-refractivity contribution in [2.24, 2.45) is 0 Å². The number of aromatic nitrogens is 1. The fourth-order valence-corrected chi connectivity index (χ4v) is 5.28. The molecule has 6 rings (SSSR count). The van der Waals surface area contributed by atoms with Crippen molar-refractivity contribution in [3.05, 3.63) is 81.0 Å². The lowest BCUT2D eigenvalue weighted by Crippen LogP contribution is -2.52. The van der Waals surface area contributed by atoms with Crippen molar-refractivity contribution in [3.63, 3.8) is 0 Å². The Morgan fingerprint density at radius 2 is 2.10 bits per heavy atom. The molecule has 0 saturated carbocycles. The zero-order valence-corrected chi connectivity index (χ0v) is 23.0. The average Bonchev–Trinajstić information content (AvgIpc) is 3.40. The number of fused-ring (bicyclic) bond motifs is 1. The van der Waals surface area contributed by atoms with Gasteiger partial charge in [0.05, 0.1) is 76.7 Å². The molecule has 1 aromatic heterocycles. The third-order valence-corrected chi connectivity index (χ3v) is 7.95. The number of anilines is 3. The standard InChI is InChI=1S/C28H26Cl2FN7O2/c1-15-2-3-22(25(31)24(15)30)35-26-17(10-32)11-33-28-20(26)8-18(9-21(28)29)34-27(16-4-6-39-7-5-16)23-12-38(37-36-23)19-13-40-14-19/h2-4,8-9,11-12,19,27,34,36-37H,5-7,13-14H2,1H3,(H,33,35)/t27-/m0/s1. The van der Waals surface area contributed by atoms with E-state index in [1.807, 2.05) is 17.3 Å². The summed E-state index contributed by atoms with van der Waals surface area (Å²) >= 11 is 12.9. The summed E-state index contributed by atoms with van der Waals surface area (Å²) in [5.41, 5.74) is 11.1. The summed E-state index contributed by atoms with van der Waals surface area (Å²) in [5, 5.41) is 19.5. The number of rotatable bonds is 7. The van der Waals surface area contributed by atoms with Crippen molar-refractivity contribution in [2.75, 3.05) is 37.1 Å². The third kappa shape index (κ3) is 5.03. The highest BCUT2D eigenvalue weighted by Crippen LogP contribution is 2.37. The molecule has 0 spiro atoms. The summed E-state index contributed by atoms with van der Waals surface area (Å²) in [4.78, 5) is 4.42. The molecule has 0 radical (unpaired) electrons.